The molecule has 0 saturated carbocycles. The van der Waals surface area contributed by atoms with Gasteiger partial charge in [-0.2, -0.15) is 0 Å². The molecule has 0 aliphatic rings. The molecule has 0 fully saturated rings. The van der Waals surface area contributed by atoms with Crippen LogP contribution in [0.1, 0.15) is 10.4 Å². The van der Waals surface area contributed by atoms with Gasteiger partial charge >= 0.3 is 5.97 Å². The summed E-state index contributed by atoms with van der Waals surface area (Å²) in [6.07, 6.45) is 1.21. The molecule has 0 radical (unpaired) electrons. The van der Waals surface area contributed by atoms with Gasteiger partial charge in [0, 0.05) is 26.8 Å². The lowest BCUT2D eigenvalue weighted by molar-refractivity contribution is -0.135. The zero-order valence-electron chi connectivity index (χ0n) is 12.2. The highest BCUT2D eigenvalue weighted by molar-refractivity contribution is 9.10. The Morgan fingerprint density at radius 1 is 1.09 bits per heavy atom. The number of carbonyl (C=O) groups excluding carboxylic acids is 2. The number of hydrogen-bond donors (Lipinski definition) is 1. The van der Waals surface area contributed by atoms with Gasteiger partial charge in [-0.25, -0.2) is 4.79 Å². The van der Waals surface area contributed by atoms with Crippen molar-refractivity contribution in [3.63, 3.8) is 0 Å². The monoisotopic (exact) mass is 393 g/mol. The second kappa shape index (κ2) is 7.94. The topological polar surface area (TPSA) is 55.4 Å². The number of benzene rings is 2. The van der Waals surface area contributed by atoms with Crippen LogP contribution in [0.5, 0.6) is 0 Å². The first-order chi connectivity index (χ1) is 11.0. The predicted octanol–water partition coefficient (Wildman–Crippen LogP) is 4.45. The number of rotatable bonds is 5. The van der Waals surface area contributed by atoms with Crippen LogP contribution in [0.2, 0.25) is 5.02 Å². The van der Waals surface area contributed by atoms with E-state index < -0.39 is 5.97 Å². The third-order valence-corrected chi connectivity index (χ3v) is 3.71. The Bertz CT molecular complexity index is 739. The number of halogens is 2. The second-order valence-electron chi connectivity index (χ2n) is 4.55. The Balaban J connectivity index is 2.26. The van der Waals surface area contributed by atoms with E-state index in [1.54, 1.807) is 36.4 Å². The first-order valence-corrected chi connectivity index (χ1v) is 7.79. The van der Waals surface area contributed by atoms with Crippen LogP contribution in [-0.4, -0.2) is 18.9 Å². The van der Waals surface area contributed by atoms with Gasteiger partial charge in [0.25, 0.3) is 0 Å². The van der Waals surface area contributed by atoms with Crippen LogP contribution < -0.4 is 5.32 Å². The van der Waals surface area contributed by atoms with Crippen molar-refractivity contribution >= 4 is 45.0 Å². The van der Waals surface area contributed by atoms with Crippen molar-refractivity contribution in [1.29, 1.82) is 0 Å². The molecule has 4 nitrogen and oxygen atoms in total. The minimum atomic E-state index is -0.629. The van der Waals surface area contributed by atoms with E-state index in [1.807, 2.05) is 12.1 Å². The molecule has 2 aromatic rings. The van der Waals surface area contributed by atoms with Gasteiger partial charge in [0.2, 0.25) is 0 Å². The van der Waals surface area contributed by atoms with Crippen molar-refractivity contribution in [2.75, 3.05) is 12.4 Å². The summed E-state index contributed by atoms with van der Waals surface area (Å²) < 4.78 is 5.62. The van der Waals surface area contributed by atoms with E-state index in [1.165, 1.54) is 13.2 Å². The minimum absolute atomic E-state index is 0.0507. The number of nitrogens with one attached hydrogen (secondary N) is 1. The van der Waals surface area contributed by atoms with Crippen LogP contribution in [0.4, 0.5) is 5.69 Å². The number of ether oxygens (including phenoxy) is 1. The maximum absolute atomic E-state index is 12.3. The first-order valence-electron chi connectivity index (χ1n) is 6.62. The summed E-state index contributed by atoms with van der Waals surface area (Å²) in [5, 5.41) is 3.42. The van der Waals surface area contributed by atoms with Gasteiger partial charge in [0.1, 0.15) is 5.70 Å². The van der Waals surface area contributed by atoms with E-state index in [4.69, 9.17) is 16.3 Å². The summed E-state index contributed by atoms with van der Waals surface area (Å²) in [6, 6.07) is 13.6. The SMILES string of the molecule is COC(=O)/C(=C/C(=O)c1ccc(Cl)cc1)Nc1ccc(Br)cc1. The smallest absolute Gasteiger partial charge is 0.354 e. The van der Waals surface area contributed by atoms with Crippen LogP contribution in [0.3, 0.4) is 0 Å². The summed E-state index contributed by atoms with van der Waals surface area (Å²) >= 11 is 9.13. The summed E-state index contributed by atoms with van der Waals surface area (Å²) in [7, 11) is 1.26. The molecule has 1 N–H and O–H groups in total. The Hall–Kier alpha value is -2.11. The maximum atomic E-state index is 12.3. The predicted molar refractivity (Wildman–Crippen MR) is 93.6 cm³/mol. The van der Waals surface area contributed by atoms with Crippen molar-refractivity contribution in [1.82, 2.24) is 0 Å². The molecule has 0 atom stereocenters. The van der Waals surface area contributed by atoms with Gasteiger partial charge < -0.3 is 10.1 Å². The molecule has 0 amide bonds. The number of ketones is 1. The summed E-state index contributed by atoms with van der Waals surface area (Å²) in [5.74, 6) is -0.957. The van der Waals surface area contributed by atoms with Crippen molar-refractivity contribution < 1.29 is 14.3 Å². The summed E-state index contributed by atoms with van der Waals surface area (Å²) in [6.45, 7) is 0. The Morgan fingerprint density at radius 3 is 2.26 bits per heavy atom. The maximum Gasteiger partial charge on any atom is 0.354 e. The molecule has 23 heavy (non-hydrogen) atoms. The number of anilines is 1. The molecule has 2 aromatic carbocycles. The van der Waals surface area contributed by atoms with E-state index in [0.29, 0.717) is 16.3 Å². The molecule has 0 bridgehead atoms. The lowest BCUT2D eigenvalue weighted by Crippen LogP contribution is -2.15. The first kappa shape index (κ1) is 17.2. The number of allylic oxidation sites excluding steroid dienone is 1. The molecule has 0 aliphatic carbocycles. The molecular formula is C17H13BrClNO3. The Kier molecular flexibility index (Phi) is 5.96. The molecule has 0 heterocycles. The normalized spacial score (nSPS) is 11.0. The van der Waals surface area contributed by atoms with E-state index in [-0.39, 0.29) is 11.5 Å². The van der Waals surface area contributed by atoms with Gasteiger partial charge in [-0.3, -0.25) is 4.79 Å². The minimum Gasteiger partial charge on any atom is -0.464 e. The average Bonchev–Trinajstić information content (AvgIpc) is 2.56. The van der Waals surface area contributed by atoms with Gasteiger partial charge in [-0.05, 0) is 48.5 Å². The molecule has 0 aromatic heterocycles. The van der Waals surface area contributed by atoms with Crippen LogP contribution in [0.25, 0.3) is 0 Å². The Morgan fingerprint density at radius 2 is 1.70 bits per heavy atom. The van der Waals surface area contributed by atoms with Gasteiger partial charge in [0.15, 0.2) is 5.78 Å². The Labute approximate surface area is 147 Å². The van der Waals surface area contributed by atoms with Crippen molar-refractivity contribution in [3.05, 3.63) is 75.4 Å². The second-order valence-corrected chi connectivity index (χ2v) is 5.90. The average molecular weight is 395 g/mol. The standard InChI is InChI=1S/C17H13BrClNO3/c1-23-17(22)15(20-14-8-4-12(18)5-9-14)10-16(21)11-2-6-13(19)7-3-11/h2-10,20H,1H3/b15-10-. The molecule has 0 unspecified atom stereocenters. The fourth-order valence-corrected chi connectivity index (χ4v) is 2.16. The summed E-state index contributed by atoms with van der Waals surface area (Å²) in [5.41, 5.74) is 1.14. The third kappa shape index (κ3) is 4.94. The van der Waals surface area contributed by atoms with Crippen LogP contribution >= 0.6 is 27.5 Å². The van der Waals surface area contributed by atoms with E-state index >= 15 is 0 Å². The highest BCUT2D eigenvalue weighted by Gasteiger charge is 2.13. The number of hydrogen-bond acceptors (Lipinski definition) is 4. The molecular weight excluding hydrogens is 382 g/mol. The molecule has 0 spiro atoms. The van der Waals surface area contributed by atoms with Gasteiger partial charge in [-0.15, -0.1) is 0 Å². The van der Waals surface area contributed by atoms with Crippen LogP contribution in [0.15, 0.2) is 64.8 Å². The molecule has 2 rings (SSSR count). The van der Waals surface area contributed by atoms with Gasteiger partial charge in [-0.1, -0.05) is 27.5 Å². The molecule has 0 aliphatic heterocycles. The molecule has 118 valence electrons. The molecule has 6 heteroatoms. The number of carbonyl (C=O) groups is 2. The van der Waals surface area contributed by atoms with E-state index in [9.17, 15) is 9.59 Å². The highest BCUT2D eigenvalue weighted by Crippen LogP contribution is 2.17. The van der Waals surface area contributed by atoms with Gasteiger partial charge in [0.05, 0.1) is 7.11 Å². The number of methoxy groups -OCH3 is 1. The fourth-order valence-electron chi connectivity index (χ4n) is 1.77. The molecule has 0 saturated heterocycles. The number of esters is 1. The van der Waals surface area contributed by atoms with Crippen LogP contribution in [0, 0.1) is 0 Å². The fraction of sp³-hybridized carbons (Fsp3) is 0.0588. The van der Waals surface area contributed by atoms with Crippen molar-refractivity contribution in [2.24, 2.45) is 0 Å². The largest absolute Gasteiger partial charge is 0.464 e. The highest BCUT2D eigenvalue weighted by atomic mass is 79.9. The zero-order valence-corrected chi connectivity index (χ0v) is 14.5. The van der Waals surface area contributed by atoms with Crippen molar-refractivity contribution in [2.45, 2.75) is 0 Å². The van der Waals surface area contributed by atoms with Crippen LogP contribution in [-0.2, 0) is 9.53 Å². The lowest BCUT2D eigenvalue weighted by Gasteiger charge is -2.09. The van der Waals surface area contributed by atoms with Crippen molar-refractivity contribution in [3.8, 4) is 0 Å². The third-order valence-electron chi connectivity index (χ3n) is 2.93. The van der Waals surface area contributed by atoms with E-state index in [2.05, 4.69) is 21.2 Å². The zero-order chi connectivity index (χ0) is 16.8. The van der Waals surface area contributed by atoms with E-state index in [0.717, 1.165) is 4.47 Å². The quantitative estimate of drug-likeness (QED) is 0.462. The summed E-state index contributed by atoms with van der Waals surface area (Å²) in [4.78, 5) is 24.1. The lowest BCUT2D eigenvalue weighted by atomic mass is 10.1.